The van der Waals surface area contributed by atoms with Crippen molar-refractivity contribution in [3.8, 4) is 11.4 Å². The third kappa shape index (κ3) is 4.71. The Hall–Kier alpha value is -3.55. The molecule has 2 atom stereocenters. The molecule has 0 bridgehead atoms. The van der Waals surface area contributed by atoms with E-state index in [4.69, 9.17) is 28.8 Å². The Morgan fingerprint density at radius 3 is 2.42 bits per heavy atom. The molecular formula is C32H34ClN5OS. The molecule has 2 aliphatic heterocycles. The minimum atomic E-state index is -0.175. The molecular weight excluding hydrogens is 538 g/mol. The average molecular weight is 572 g/mol. The molecule has 2 aromatic carbocycles. The number of hydrogen-bond donors (Lipinski definition) is 2. The number of phenols is 1. The van der Waals surface area contributed by atoms with Crippen molar-refractivity contribution in [3.63, 3.8) is 0 Å². The predicted molar refractivity (Wildman–Crippen MR) is 167 cm³/mol. The van der Waals surface area contributed by atoms with Gasteiger partial charge in [-0.15, -0.1) is 0 Å². The summed E-state index contributed by atoms with van der Waals surface area (Å²) >= 11 is 12.9. The van der Waals surface area contributed by atoms with Gasteiger partial charge >= 0.3 is 0 Å². The number of hydrogen-bond acceptors (Lipinski definition) is 4. The van der Waals surface area contributed by atoms with Gasteiger partial charge < -0.3 is 24.8 Å². The summed E-state index contributed by atoms with van der Waals surface area (Å²) in [6, 6.07) is 21.5. The van der Waals surface area contributed by atoms with E-state index in [1.807, 2.05) is 48.7 Å². The van der Waals surface area contributed by atoms with Crippen LogP contribution < -0.4 is 15.1 Å². The molecule has 2 aliphatic rings. The number of thiocarbonyl (C=S) groups is 1. The summed E-state index contributed by atoms with van der Waals surface area (Å²) in [5.74, 6) is 0.993. The highest BCUT2D eigenvalue weighted by molar-refractivity contribution is 7.80. The van der Waals surface area contributed by atoms with Crippen molar-refractivity contribution in [2.45, 2.75) is 45.7 Å². The van der Waals surface area contributed by atoms with E-state index >= 15 is 0 Å². The van der Waals surface area contributed by atoms with Gasteiger partial charge in [0.2, 0.25) is 0 Å². The second kappa shape index (κ2) is 10.8. The number of pyridine rings is 1. The molecule has 2 saturated heterocycles. The van der Waals surface area contributed by atoms with Crippen LogP contribution in [0.5, 0.6) is 5.75 Å². The van der Waals surface area contributed by atoms with Gasteiger partial charge in [-0.25, -0.2) is 0 Å². The number of para-hydroxylation sites is 2. The fourth-order valence-electron chi connectivity index (χ4n) is 6.21. The molecule has 4 aromatic rings. The fourth-order valence-corrected chi connectivity index (χ4v) is 6.85. The van der Waals surface area contributed by atoms with Crippen LogP contribution in [0.1, 0.15) is 54.5 Å². The summed E-state index contributed by atoms with van der Waals surface area (Å²) in [7, 11) is 0. The Balaban J connectivity index is 1.45. The number of anilines is 2. The van der Waals surface area contributed by atoms with Gasteiger partial charge in [-0.3, -0.25) is 4.98 Å². The zero-order valence-electron chi connectivity index (χ0n) is 23.0. The summed E-state index contributed by atoms with van der Waals surface area (Å²) in [5, 5.41) is 15.6. The molecule has 6 nitrogen and oxygen atoms in total. The highest BCUT2D eigenvalue weighted by Gasteiger charge is 2.42. The molecule has 2 N–H and O–H groups in total. The molecule has 0 saturated carbocycles. The highest BCUT2D eigenvalue weighted by atomic mass is 35.5. The molecule has 2 fully saturated rings. The Morgan fingerprint density at radius 2 is 1.73 bits per heavy atom. The molecule has 0 spiro atoms. The van der Waals surface area contributed by atoms with Crippen molar-refractivity contribution in [1.82, 2.24) is 14.9 Å². The maximum absolute atomic E-state index is 10.7. The molecule has 8 heteroatoms. The lowest BCUT2D eigenvalue weighted by Crippen LogP contribution is -2.33. The molecule has 40 heavy (non-hydrogen) atoms. The van der Waals surface area contributed by atoms with Gasteiger partial charge in [0.15, 0.2) is 5.11 Å². The maximum atomic E-state index is 10.7. The second-order valence-corrected chi connectivity index (χ2v) is 11.7. The number of halogens is 1. The molecule has 6 rings (SSSR count). The number of aromatic hydroxyl groups is 1. The average Bonchev–Trinajstić information content (AvgIpc) is 3.45. The van der Waals surface area contributed by atoms with Crippen LogP contribution >= 0.6 is 23.8 Å². The van der Waals surface area contributed by atoms with Gasteiger partial charge in [0.25, 0.3) is 0 Å². The van der Waals surface area contributed by atoms with Crippen LogP contribution in [0, 0.1) is 19.8 Å². The number of nitrogens with zero attached hydrogens (tertiary/aromatic N) is 4. The Morgan fingerprint density at radius 1 is 0.975 bits per heavy atom. The quantitative estimate of drug-likeness (QED) is 0.246. The number of piperidine rings is 1. The number of rotatable bonds is 5. The van der Waals surface area contributed by atoms with Crippen molar-refractivity contribution in [1.29, 1.82) is 0 Å². The predicted octanol–water partition coefficient (Wildman–Crippen LogP) is 7.26. The largest absolute Gasteiger partial charge is 0.506 e. The molecule has 0 aliphatic carbocycles. The van der Waals surface area contributed by atoms with Gasteiger partial charge in [-0.05, 0) is 98.9 Å². The van der Waals surface area contributed by atoms with Crippen LogP contribution in [0.3, 0.4) is 0 Å². The maximum Gasteiger partial charge on any atom is 0.174 e. The number of aromatic nitrogens is 2. The molecule has 4 heterocycles. The Bertz CT molecular complexity index is 1550. The first-order chi connectivity index (χ1) is 19.3. The normalized spacial score (nSPS) is 19.8. The minimum Gasteiger partial charge on any atom is -0.506 e. The Kier molecular flexibility index (Phi) is 7.19. The number of phenolic OH excluding ortho intramolecular Hbond substituents is 1. The third-order valence-corrected chi connectivity index (χ3v) is 8.96. The summed E-state index contributed by atoms with van der Waals surface area (Å²) in [6.45, 7) is 8.52. The van der Waals surface area contributed by atoms with Crippen molar-refractivity contribution < 1.29 is 5.11 Å². The van der Waals surface area contributed by atoms with E-state index in [2.05, 4.69) is 58.7 Å². The molecule has 206 valence electrons. The second-order valence-electron chi connectivity index (χ2n) is 11.0. The highest BCUT2D eigenvalue weighted by Crippen LogP contribution is 2.45. The van der Waals surface area contributed by atoms with E-state index in [1.165, 1.54) is 12.8 Å². The zero-order valence-corrected chi connectivity index (χ0v) is 24.6. The number of benzene rings is 2. The summed E-state index contributed by atoms with van der Waals surface area (Å²) in [4.78, 5) is 9.26. The van der Waals surface area contributed by atoms with E-state index in [9.17, 15) is 5.11 Å². The minimum absolute atomic E-state index is 0.172. The fraction of sp³-hybridized carbons (Fsp3) is 0.312. The van der Waals surface area contributed by atoms with Gasteiger partial charge in [0, 0.05) is 36.4 Å². The lowest BCUT2D eigenvalue weighted by atomic mass is 9.96. The van der Waals surface area contributed by atoms with Gasteiger partial charge in [-0.1, -0.05) is 36.7 Å². The van der Waals surface area contributed by atoms with Gasteiger partial charge in [0.1, 0.15) is 5.75 Å². The third-order valence-electron chi connectivity index (χ3n) is 8.34. The summed E-state index contributed by atoms with van der Waals surface area (Å²) in [6.07, 6.45) is 4.17. The molecule has 0 radical (unpaired) electrons. The van der Waals surface area contributed by atoms with Crippen LogP contribution in [0.15, 0.2) is 72.9 Å². The van der Waals surface area contributed by atoms with E-state index < -0.39 is 0 Å². The number of nitrogens with one attached hydrogen (secondary N) is 1. The van der Waals surface area contributed by atoms with Crippen molar-refractivity contribution in [2.24, 2.45) is 5.92 Å². The van der Waals surface area contributed by atoms with Crippen LogP contribution in [-0.2, 0) is 0 Å². The smallest absolute Gasteiger partial charge is 0.174 e. The SMILES string of the molecule is Cc1cc([C@H]2[C@H](c3ccccn3)NC(=S)N2c2ccc(N3CCC(C)CC3)c(Cl)c2)c(C)n1-c1ccccc1O. The standard InChI is InChI=1S/C32H34ClN5OS/c1-20-13-16-36(17-14-20)27-12-11-23(19-25(27)33)38-31(30(35-32(38)40)26-8-6-7-15-34-26)24-18-21(2)37(22(24)3)28-9-4-5-10-29(28)39/h4-12,15,18-20,30-31,39H,13-14,16-17H2,1-3H3,(H,35,40)/t30-,31-/m0/s1. The van der Waals surface area contributed by atoms with E-state index in [0.29, 0.717) is 5.11 Å². The van der Waals surface area contributed by atoms with Crippen molar-refractivity contribution in [3.05, 3.63) is 101 Å². The van der Waals surface area contributed by atoms with Crippen LogP contribution in [0.2, 0.25) is 5.02 Å². The first kappa shape index (κ1) is 26.7. The first-order valence-corrected chi connectivity index (χ1v) is 14.6. The van der Waals surface area contributed by atoms with E-state index in [-0.39, 0.29) is 17.8 Å². The van der Waals surface area contributed by atoms with Crippen molar-refractivity contribution >= 4 is 40.3 Å². The molecule has 2 aromatic heterocycles. The first-order valence-electron chi connectivity index (χ1n) is 13.9. The Labute approximate surface area is 246 Å². The van der Waals surface area contributed by atoms with E-state index in [0.717, 1.165) is 63.7 Å². The lowest BCUT2D eigenvalue weighted by molar-refractivity contribution is 0.438. The monoisotopic (exact) mass is 571 g/mol. The van der Waals surface area contributed by atoms with E-state index in [1.54, 1.807) is 6.07 Å². The molecule has 0 unspecified atom stereocenters. The summed E-state index contributed by atoms with van der Waals surface area (Å²) in [5.41, 5.74) is 6.84. The van der Waals surface area contributed by atoms with Crippen LogP contribution in [0.25, 0.3) is 5.69 Å². The van der Waals surface area contributed by atoms with Crippen LogP contribution in [0.4, 0.5) is 11.4 Å². The summed E-state index contributed by atoms with van der Waals surface area (Å²) < 4.78 is 2.10. The van der Waals surface area contributed by atoms with Crippen LogP contribution in [-0.4, -0.2) is 32.9 Å². The number of aryl methyl sites for hydroxylation is 1. The molecule has 0 amide bonds. The van der Waals surface area contributed by atoms with Gasteiger partial charge in [-0.2, -0.15) is 0 Å². The van der Waals surface area contributed by atoms with Gasteiger partial charge in [0.05, 0.1) is 34.2 Å². The topological polar surface area (TPSA) is 56.6 Å². The zero-order chi connectivity index (χ0) is 28.0. The van der Waals surface area contributed by atoms with Crippen molar-refractivity contribution in [2.75, 3.05) is 22.9 Å². The lowest BCUT2D eigenvalue weighted by Gasteiger charge is -2.33.